The van der Waals surface area contributed by atoms with E-state index in [9.17, 15) is 9.59 Å². The van der Waals surface area contributed by atoms with Gasteiger partial charge in [-0.15, -0.1) is 11.3 Å². The normalized spacial score (nSPS) is 14.6. The zero-order chi connectivity index (χ0) is 26.0. The van der Waals surface area contributed by atoms with Crippen LogP contribution in [0.15, 0.2) is 28.4 Å². The Kier molecular flexibility index (Phi) is 7.56. The third-order valence-corrected chi connectivity index (χ3v) is 6.56. The molecule has 1 saturated heterocycles. The molecule has 194 valence electrons. The summed E-state index contributed by atoms with van der Waals surface area (Å²) in [5, 5.41) is 6.67. The number of nitrogens with zero attached hydrogens (tertiary/aromatic N) is 3. The number of nitrogens with one attached hydrogen (secondary N) is 2. The smallest absolute Gasteiger partial charge is 0.411 e. The average Bonchev–Trinajstić information content (AvgIpc) is 3.44. The van der Waals surface area contributed by atoms with Gasteiger partial charge in [0.1, 0.15) is 18.0 Å². The van der Waals surface area contributed by atoms with E-state index in [-0.39, 0.29) is 17.6 Å². The number of aryl methyl sites for hydroxylation is 1. The monoisotopic (exact) mass is 513 g/mol. The molecule has 0 bridgehead atoms. The zero-order valence-corrected chi connectivity index (χ0v) is 22.6. The Labute approximate surface area is 215 Å². The average molecular weight is 514 g/mol. The van der Waals surface area contributed by atoms with Crippen molar-refractivity contribution in [2.75, 3.05) is 38.2 Å². The first-order valence-electron chi connectivity index (χ1n) is 12.2. The summed E-state index contributed by atoms with van der Waals surface area (Å²) >= 11 is 1.51. The summed E-state index contributed by atoms with van der Waals surface area (Å²) in [7, 11) is 0. The third kappa shape index (κ3) is 6.17. The van der Waals surface area contributed by atoms with E-state index in [0.29, 0.717) is 37.4 Å². The molecule has 0 spiro atoms. The lowest BCUT2D eigenvalue weighted by atomic mass is 10.1. The maximum atomic E-state index is 12.8. The van der Waals surface area contributed by atoms with Crippen molar-refractivity contribution in [3.63, 3.8) is 0 Å². The molecule has 0 saturated carbocycles. The van der Waals surface area contributed by atoms with E-state index in [4.69, 9.17) is 9.47 Å². The molecule has 36 heavy (non-hydrogen) atoms. The van der Waals surface area contributed by atoms with E-state index in [1.807, 2.05) is 39.1 Å². The number of anilines is 1. The van der Waals surface area contributed by atoms with Crippen LogP contribution < -0.4 is 15.5 Å². The van der Waals surface area contributed by atoms with E-state index < -0.39 is 5.60 Å². The number of carbonyl (C=O) groups excluding carboxylic acids is 1. The number of hydrogen-bond acceptors (Lipinski definition) is 8. The van der Waals surface area contributed by atoms with E-state index in [1.54, 1.807) is 17.0 Å². The number of H-pyrrole nitrogens is 1. The van der Waals surface area contributed by atoms with E-state index >= 15 is 0 Å². The van der Waals surface area contributed by atoms with Crippen molar-refractivity contribution in [3.05, 3.63) is 39.4 Å². The van der Waals surface area contributed by atoms with E-state index in [0.717, 1.165) is 34.2 Å². The highest BCUT2D eigenvalue weighted by Crippen LogP contribution is 2.28. The molecule has 1 fully saturated rings. The van der Waals surface area contributed by atoms with Gasteiger partial charge in [0.25, 0.3) is 0 Å². The largest absolute Gasteiger partial charge is 0.492 e. The van der Waals surface area contributed by atoms with Crippen molar-refractivity contribution in [2.45, 2.75) is 53.2 Å². The van der Waals surface area contributed by atoms with Gasteiger partial charge in [-0.05, 0) is 53.7 Å². The van der Waals surface area contributed by atoms with Gasteiger partial charge in [0.15, 0.2) is 10.6 Å². The van der Waals surface area contributed by atoms with Crippen molar-refractivity contribution in [1.82, 2.24) is 19.8 Å². The van der Waals surface area contributed by atoms with Crippen molar-refractivity contribution in [3.8, 4) is 17.1 Å². The Morgan fingerprint density at radius 1 is 1.28 bits per heavy atom. The fourth-order valence-corrected chi connectivity index (χ4v) is 4.89. The Morgan fingerprint density at radius 2 is 2.06 bits per heavy atom. The van der Waals surface area contributed by atoms with Gasteiger partial charge in [-0.3, -0.25) is 14.6 Å². The molecule has 3 heterocycles. The molecule has 1 aliphatic heterocycles. The predicted molar refractivity (Wildman–Crippen MR) is 144 cm³/mol. The Balaban J connectivity index is 1.42. The lowest BCUT2D eigenvalue weighted by Gasteiger charge is -2.24. The maximum absolute atomic E-state index is 12.8. The van der Waals surface area contributed by atoms with Crippen LogP contribution >= 0.6 is 11.3 Å². The second kappa shape index (κ2) is 10.5. The SMILES string of the molecule is Cc1c(OCCN2CCN(C(=O)OC(C)(C)C)C2)ccc2c(=O)cc(-c3csc(NC(C)C)n3)[nH]c12. The highest BCUT2D eigenvalue weighted by Gasteiger charge is 2.28. The lowest BCUT2D eigenvalue weighted by molar-refractivity contribution is 0.0262. The second-order valence-electron chi connectivity index (χ2n) is 10.3. The standard InChI is InChI=1S/C26H35N5O4S/c1-16(2)27-24-29-20(14-36-24)19-13-21(32)18-7-8-22(17(3)23(18)28-19)34-12-11-30-9-10-31(15-30)25(33)35-26(4,5)6/h7-8,13-14,16H,9-12,15H2,1-6H3,(H,27,29)(H,28,32). The van der Waals surface area contributed by atoms with Crippen LogP contribution in [-0.2, 0) is 4.74 Å². The number of hydrogen-bond donors (Lipinski definition) is 2. The van der Waals surface area contributed by atoms with Gasteiger partial charge >= 0.3 is 6.09 Å². The number of amides is 1. The molecule has 1 aromatic carbocycles. The quantitative estimate of drug-likeness (QED) is 0.474. The first kappa shape index (κ1) is 26.0. The molecule has 1 amide bonds. The predicted octanol–water partition coefficient (Wildman–Crippen LogP) is 4.67. The van der Waals surface area contributed by atoms with Crippen molar-refractivity contribution in [1.29, 1.82) is 0 Å². The van der Waals surface area contributed by atoms with Crippen LogP contribution in [0.2, 0.25) is 0 Å². The van der Waals surface area contributed by atoms with Gasteiger partial charge in [0, 0.05) is 48.1 Å². The van der Waals surface area contributed by atoms with Crippen LogP contribution in [0.5, 0.6) is 5.75 Å². The molecule has 2 aromatic heterocycles. The summed E-state index contributed by atoms with van der Waals surface area (Å²) in [6, 6.07) is 5.52. The molecule has 2 N–H and O–H groups in total. The number of benzene rings is 1. The number of aromatic nitrogens is 2. The lowest BCUT2D eigenvalue weighted by Crippen LogP contribution is -2.37. The Morgan fingerprint density at radius 3 is 2.78 bits per heavy atom. The van der Waals surface area contributed by atoms with Gasteiger partial charge in [0.05, 0.1) is 23.6 Å². The summed E-state index contributed by atoms with van der Waals surface area (Å²) in [5.74, 6) is 0.721. The molecule has 9 nitrogen and oxygen atoms in total. The molecule has 0 atom stereocenters. The number of thiazole rings is 1. The number of carbonyl (C=O) groups is 1. The zero-order valence-electron chi connectivity index (χ0n) is 21.8. The minimum absolute atomic E-state index is 0.0564. The highest BCUT2D eigenvalue weighted by molar-refractivity contribution is 7.14. The minimum Gasteiger partial charge on any atom is -0.492 e. The van der Waals surface area contributed by atoms with Crippen molar-refractivity contribution in [2.24, 2.45) is 0 Å². The Hall–Kier alpha value is -3.11. The van der Waals surface area contributed by atoms with Gasteiger partial charge in [0.2, 0.25) is 0 Å². The summed E-state index contributed by atoms with van der Waals surface area (Å²) in [5.41, 5.74) is 2.47. The third-order valence-electron chi connectivity index (χ3n) is 5.78. The van der Waals surface area contributed by atoms with Crippen LogP contribution in [0.1, 0.15) is 40.2 Å². The minimum atomic E-state index is -0.505. The highest BCUT2D eigenvalue weighted by atomic mass is 32.1. The Bertz CT molecular complexity index is 1290. The van der Waals surface area contributed by atoms with Gasteiger partial charge in [-0.2, -0.15) is 0 Å². The first-order chi connectivity index (χ1) is 17.0. The first-order valence-corrected chi connectivity index (χ1v) is 13.1. The number of fused-ring (bicyclic) bond motifs is 1. The molecule has 4 rings (SSSR count). The molecule has 0 radical (unpaired) electrons. The van der Waals surface area contributed by atoms with E-state index in [2.05, 4.69) is 34.0 Å². The van der Waals surface area contributed by atoms with Gasteiger partial charge in [-0.25, -0.2) is 9.78 Å². The summed E-state index contributed by atoms with van der Waals surface area (Å²) in [6.45, 7) is 14.8. The molecular formula is C26H35N5O4S. The summed E-state index contributed by atoms with van der Waals surface area (Å²) in [4.78, 5) is 37.0. The molecular weight excluding hydrogens is 478 g/mol. The molecule has 3 aromatic rings. The fourth-order valence-electron chi connectivity index (χ4n) is 4.03. The van der Waals surface area contributed by atoms with Gasteiger partial charge < -0.3 is 19.8 Å². The van der Waals surface area contributed by atoms with Gasteiger partial charge in [-0.1, -0.05) is 0 Å². The summed E-state index contributed by atoms with van der Waals surface area (Å²) < 4.78 is 11.6. The number of ether oxygens (including phenoxy) is 2. The van der Waals surface area contributed by atoms with Crippen LogP contribution in [0.3, 0.4) is 0 Å². The summed E-state index contributed by atoms with van der Waals surface area (Å²) in [6.07, 6.45) is -0.289. The van der Waals surface area contributed by atoms with Crippen LogP contribution in [0.4, 0.5) is 9.93 Å². The van der Waals surface area contributed by atoms with Crippen LogP contribution in [0.25, 0.3) is 22.3 Å². The topological polar surface area (TPSA) is 99.8 Å². The fraction of sp³-hybridized carbons (Fsp3) is 0.500. The molecule has 1 aliphatic rings. The number of rotatable bonds is 7. The maximum Gasteiger partial charge on any atom is 0.411 e. The van der Waals surface area contributed by atoms with E-state index in [1.165, 1.54) is 11.3 Å². The molecule has 10 heteroatoms. The van der Waals surface area contributed by atoms with Crippen molar-refractivity contribution >= 4 is 33.5 Å². The number of pyridine rings is 1. The van der Waals surface area contributed by atoms with Crippen LogP contribution in [-0.4, -0.2) is 70.4 Å². The molecule has 0 unspecified atom stereocenters. The van der Waals surface area contributed by atoms with Crippen LogP contribution in [0, 0.1) is 6.92 Å². The molecule has 0 aliphatic carbocycles. The second-order valence-corrected chi connectivity index (χ2v) is 11.2. The van der Waals surface area contributed by atoms with Crippen molar-refractivity contribution < 1.29 is 14.3 Å². The number of aromatic amines is 1.